The topological polar surface area (TPSA) is 60.5 Å². The Morgan fingerprint density at radius 2 is 1.86 bits per heavy atom. The van der Waals surface area contributed by atoms with Gasteiger partial charge in [0.1, 0.15) is 0 Å². The van der Waals surface area contributed by atoms with Crippen LogP contribution >= 0.6 is 11.8 Å². The predicted molar refractivity (Wildman–Crippen MR) is 101 cm³/mol. The molecule has 0 aliphatic carbocycles. The van der Waals surface area contributed by atoms with E-state index >= 15 is 0 Å². The van der Waals surface area contributed by atoms with Crippen LogP contribution in [0.25, 0.3) is 0 Å². The van der Waals surface area contributed by atoms with Gasteiger partial charge in [0.2, 0.25) is 5.91 Å². The summed E-state index contributed by atoms with van der Waals surface area (Å²) in [4.78, 5) is 16.0. The number of benzene rings is 1. The van der Waals surface area contributed by atoms with E-state index < -0.39 is 11.7 Å². The van der Waals surface area contributed by atoms with Crippen LogP contribution in [-0.2, 0) is 11.0 Å². The largest absolute Gasteiger partial charge is 0.493 e. The number of nitrogens with one attached hydrogen (secondary N) is 1. The van der Waals surface area contributed by atoms with Crippen molar-refractivity contribution in [2.45, 2.75) is 31.1 Å². The lowest BCUT2D eigenvalue weighted by molar-refractivity contribution is -0.137. The van der Waals surface area contributed by atoms with Crippen LogP contribution in [0.4, 0.5) is 13.2 Å². The van der Waals surface area contributed by atoms with E-state index in [-0.39, 0.29) is 17.7 Å². The summed E-state index contributed by atoms with van der Waals surface area (Å²) in [6.45, 7) is 3.74. The monoisotopic (exact) mass is 414 g/mol. The van der Waals surface area contributed by atoms with Gasteiger partial charge in [0.25, 0.3) is 0 Å². The van der Waals surface area contributed by atoms with Gasteiger partial charge in [0, 0.05) is 6.20 Å². The zero-order valence-electron chi connectivity index (χ0n) is 15.9. The Hall–Kier alpha value is -2.42. The van der Waals surface area contributed by atoms with E-state index in [0.29, 0.717) is 16.5 Å². The molecule has 2 rings (SSSR count). The summed E-state index contributed by atoms with van der Waals surface area (Å²) in [6, 6.07) is 5.56. The predicted octanol–water partition coefficient (Wildman–Crippen LogP) is 4.40. The highest BCUT2D eigenvalue weighted by Gasteiger charge is 2.30. The average molecular weight is 414 g/mol. The Kier molecular flexibility index (Phi) is 7.17. The van der Waals surface area contributed by atoms with Gasteiger partial charge >= 0.3 is 6.18 Å². The maximum Gasteiger partial charge on any atom is 0.417 e. The summed E-state index contributed by atoms with van der Waals surface area (Å²) in [5.41, 5.74) is 0.991. The van der Waals surface area contributed by atoms with Crippen molar-refractivity contribution in [3.8, 4) is 11.5 Å². The molecule has 1 aromatic carbocycles. The number of amides is 1. The maximum atomic E-state index is 12.5. The number of methoxy groups -OCH3 is 2. The number of carbonyl (C=O) groups is 1. The van der Waals surface area contributed by atoms with Crippen molar-refractivity contribution in [3.05, 3.63) is 47.2 Å². The molecule has 5 nitrogen and oxygen atoms in total. The first kappa shape index (κ1) is 21.9. The third-order valence-electron chi connectivity index (χ3n) is 4.03. The van der Waals surface area contributed by atoms with Gasteiger partial charge in [0.05, 0.1) is 36.6 Å². The van der Waals surface area contributed by atoms with Crippen LogP contribution in [0.1, 0.15) is 29.7 Å². The zero-order valence-corrected chi connectivity index (χ0v) is 16.7. The number of pyridine rings is 1. The summed E-state index contributed by atoms with van der Waals surface area (Å²) < 4.78 is 48.2. The maximum absolute atomic E-state index is 12.5. The Balaban J connectivity index is 1.97. The molecule has 0 unspecified atom stereocenters. The molecule has 1 N–H and O–H groups in total. The molecule has 0 saturated heterocycles. The van der Waals surface area contributed by atoms with E-state index in [1.807, 2.05) is 26.0 Å². The van der Waals surface area contributed by atoms with Crippen LogP contribution in [0.5, 0.6) is 11.5 Å². The molecule has 0 radical (unpaired) electrons. The normalized spacial score (nSPS) is 12.4. The van der Waals surface area contributed by atoms with Crippen molar-refractivity contribution in [1.29, 1.82) is 0 Å². The van der Waals surface area contributed by atoms with Gasteiger partial charge in [-0.15, -0.1) is 0 Å². The summed E-state index contributed by atoms with van der Waals surface area (Å²) in [5, 5.41) is 3.21. The molecule has 0 aliphatic rings. The smallest absolute Gasteiger partial charge is 0.417 e. The van der Waals surface area contributed by atoms with Gasteiger partial charge in [-0.05, 0) is 49.2 Å². The van der Waals surface area contributed by atoms with Gasteiger partial charge in [-0.2, -0.15) is 13.2 Å². The minimum Gasteiger partial charge on any atom is -0.493 e. The van der Waals surface area contributed by atoms with E-state index in [9.17, 15) is 18.0 Å². The Morgan fingerprint density at radius 1 is 1.21 bits per heavy atom. The number of aryl methyl sites for hydroxylation is 1. The lowest BCUT2D eigenvalue weighted by Gasteiger charge is -2.19. The molecular formula is C19H21F3N2O3S. The standard InChI is InChI=1S/C19H21F3N2O3S/c1-11-7-15(26-3)16(27-4)8-14(11)12(2)24-17(25)10-28-18-6-5-13(9-23-18)19(20,21)22/h5-9,12H,10H2,1-4H3,(H,24,25)/t12-/m1/s1. The SMILES string of the molecule is COc1cc(C)c([C@@H](C)NC(=O)CSc2ccc(C(F)(F)F)cn2)cc1OC. The number of thioether (sulfide) groups is 1. The molecule has 2 aromatic rings. The van der Waals surface area contributed by atoms with E-state index in [1.165, 1.54) is 13.2 Å². The molecule has 0 spiro atoms. The molecule has 1 heterocycles. The summed E-state index contributed by atoms with van der Waals surface area (Å²) in [7, 11) is 3.09. The zero-order chi connectivity index (χ0) is 20.9. The molecule has 1 atom stereocenters. The number of hydrogen-bond acceptors (Lipinski definition) is 5. The Labute approximate surface area is 165 Å². The third-order valence-corrected chi connectivity index (χ3v) is 4.97. The van der Waals surface area contributed by atoms with E-state index in [0.717, 1.165) is 35.2 Å². The molecule has 1 aromatic heterocycles. The van der Waals surface area contributed by atoms with Gasteiger partial charge in [0.15, 0.2) is 11.5 Å². The summed E-state index contributed by atoms with van der Waals surface area (Å²) in [6.07, 6.45) is -3.67. The van der Waals surface area contributed by atoms with Crippen molar-refractivity contribution in [3.63, 3.8) is 0 Å². The average Bonchev–Trinajstić information content (AvgIpc) is 2.65. The lowest BCUT2D eigenvalue weighted by atomic mass is 10.0. The number of nitrogens with zero attached hydrogens (tertiary/aromatic N) is 1. The highest BCUT2D eigenvalue weighted by molar-refractivity contribution is 7.99. The van der Waals surface area contributed by atoms with Crippen molar-refractivity contribution in [2.75, 3.05) is 20.0 Å². The molecule has 1 amide bonds. The fourth-order valence-corrected chi connectivity index (χ4v) is 3.25. The molecule has 0 bridgehead atoms. The van der Waals surface area contributed by atoms with Gasteiger partial charge < -0.3 is 14.8 Å². The van der Waals surface area contributed by atoms with E-state index in [2.05, 4.69) is 10.3 Å². The minimum absolute atomic E-state index is 0.0367. The van der Waals surface area contributed by atoms with Crippen LogP contribution in [0.15, 0.2) is 35.5 Å². The first-order chi connectivity index (χ1) is 13.2. The lowest BCUT2D eigenvalue weighted by Crippen LogP contribution is -2.28. The number of halogens is 3. The fraction of sp³-hybridized carbons (Fsp3) is 0.368. The molecular weight excluding hydrogens is 393 g/mol. The Morgan fingerprint density at radius 3 is 2.39 bits per heavy atom. The Bertz CT molecular complexity index is 826. The van der Waals surface area contributed by atoms with Crippen LogP contribution < -0.4 is 14.8 Å². The number of aromatic nitrogens is 1. The van der Waals surface area contributed by atoms with Crippen molar-refractivity contribution in [1.82, 2.24) is 10.3 Å². The molecule has 0 fully saturated rings. The first-order valence-electron chi connectivity index (χ1n) is 8.33. The number of carbonyl (C=O) groups excluding carboxylic acids is 1. The van der Waals surface area contributed by atoms with Crippen molar-refractivity contribution < 1.29 is 27.4 Å². The molecule has 0 saturated carbocycles. The number of hydrogen-bond donors (Lipinski definition) is 1. The van der Waals surface area contributed by atoms with E-state index in [1.54, 1.807) is 7.11 Å². The van der Waals surface area contributed by atoms with E-state index in [4.69, 9.17) is 9.47 Å². The summed E-state index contributed by atoms with van der Waals surface area (Å²) in [5.74, 6) is 0.946. The van der Waals surface area contributed by atoms with Crippen LogP contribution in [0, 0.1) is 6.92 Å². The third kappa shape index (κ3) is 5.54. The van der Waals surface area contributed by atoms with Crippen LogP contribution in [0.2, 0.25) is 0 Å². The first-order valence-corrected chi connectivity index (χ1v) is 9.32. The van der Waals surface area contributed by atoms with Gasteiger partial charge in [-0.3, -0.25) is 4.79 Å². The number of rotatable bonds is 7. The number of ether oxygens (including phenoxy) is 2. The van der Waals surface area contributed by atoms with Crippen molar-refractivity contribution in [2.24, 2.45) is 0 Å². The minimum atomic E-state index is -4.43. The number of alkyl halides is 3. The fourth-order valence-electron chi connectivity index (χ4n) is 2.60. The molecule has 0 aliphatic heterocycles. The quantitative estimate of drug-likeness (QED) is 0.681. The van der Waals surface area contributed by atoms with Crippen LogP contribution in [0.3, 0.4) is 0 Å². The second-order valence-corrected chi connectivity index (χ2v) is 7.02. The van der Waals surface area contributed by atoms with Crippen molar-refractivity contribution >= 4 is 17.7 Å². The molecule has 28 heavy (non-hydrogen) atoms. The van der Waals surface area contributed by atoms with Crippen LogP contribution in [-0.4, -0.2) is 30.9 Å². The second kappa shape index (κ2) is 9.18. The molecule has 152 valence electrons. The highest BCUT2D eigenvalue weighted by atomic mass is 32.2. The van der Waals surface area contributed by atoms with Gasteiger partial charge in [-0.1, -0.05) is 11.8 Å². The second-order valence-electron chi connectivity index (χ2n) is 6.02. The molecule has 9 heteroatoms. The van der Waals surface area contributed by atoms with Gasteiger partial charge in [-0.25, -0.2) is 4.98 Å². The highest BCUT2D eigenvalue weighted by Crippen LogP contribution is 2.33. The summed E-state index contributed by atoms with van der Waals surface area (Å²) >= 11 is 1.07.